The molecule has 0 aliphatic carbocycles. The van der Waals surface area contributed by atoms with Gasteiger partial charge < -0.3 is 19.5 Å². The first-order valence-electron chi connectivity index (χ1n) is 10.00. The molecule has 12 heteroatoms. The fourth-order valence-corrected chi connectivity index (χ4v) is 3.97. The van der Waals surface area contributed by atoms with Gasteiger partial charge in [-0.15, -0.1) is 0 Å². The first-order valence-corrected chi connectivity index (χ1v) is 11.8. The van der Waals surface area contributed by atoms with Crippen LogP contribution < -0.4 is 23.8 Å². The molecule has 33 heavy (non-hydrogen) atoms. The first-order chi connectivity index (χ1) is 15.7. The van der Waals surface area contributed by atoms with Crippen molar-refractivity contribution in [3.05, 3.63) is 52.6 Å². The number of amides is 1. The van der Waals surface area contributed by atoms with Gasteiger partial charge in [-0.05, 0) is 24.6 Å². The molecule has 0 spiro atoms. The molecular weight excluding hydrogens is 454 g/mol. The number of ether oxygens (including phenoxy) is 3. The first kappa shape index (κ1) is 25.7. The summed E-state index contributed by atoms with van der Waals surface area (Å²) in [5, 5.41) is 13.8. The zero-order valence-corrected chi connectivity index (χ0v) is 19.5. The maximum absolute atomic E-state index is 12.3. The summed E-state index contributed by atoms with van der Waals surface area (Å²) in [4.78, 5) is 22.6. The largest absolute Gasteiger partial charge is 0.495 e. The molecule has 0 fully saturated rings. The van der Waals surface area contributed by atoms with Crippen LogP contribution in [0.25, 0.3) is 0 Å². The molecule has 0 aliphatic heterocycles. The van der Waals surface area contributed by atoms with Crippen molar-refractivity contribution in [1.29, 1.82) is 0 Å². The lowest BCUT2D eigenvalue weighted by Gasteiger charge is -2.24. The molecule has 0 saturated carbocycles. The number of nitro groups is 1. The number of carbonyl (C=O) groups is 1. The van der Waals surface area contributed by atoms with Gasteiger partial charge in [0.2, 0.25) is 15.9 Å². The molecule has 180 valence electrons. The summed E-state index contributed by atoms with van der Waals surface area (Å²) in [6, 6.07) is 10.8. The number of carbonyl (C=O) groups excluding carboxylic acids is 1. The summed E-state index contributed by atoms with van der Waals surface area (Å²) in [5.41, 5.74) is -0.230. The molecule has 11 nitrogen and oxygen atoms in total. The summed E-state index contributed by atoms with van der Waals surface area (Å²) in [6.45, 7) is 0.430. The van der Waals surface area contributed by atoms with Crippen LogP contribution in [0.5, 0.6) is 17.2 Å². The molecule has 0 heterocycles. The predicted octanol–water partition coefficient (Wildman–Crippen LogP) is 2.35. The lowest BCUT2D eigenvalue weighted by molar-refractivity contribution is -0.384. The van der Waals surface area contributed by atoms with Crippen LogP contribution in [0.1, 0.15) is 12.8 Å². The Morgan fingerprint density at radius 3 is 2.36 bits per heavy atom. The van der Waals surface area contributed by atoms with Crippen molar-refractivity contribution < 1.29 is 32.3 Å². The van der Waals surface area contributed by atoms with E-state index in [-0.39, 0.29) is 55.6 Å². The fraction of sp³-hybridized carbons (Fsp3) is 0.381. The average molecular weight is 482 g/mol. The zero-order valence-electron chi connectivity index (χ0n) is 18.6. The number of methoxy groups -OCH3 is 2. The van der Waals surface area contributed by atoms with Gasteiger partial charge in [-0.3, -0.25) is 19.2 Å². The van der Waals surface area contributed by atoms with Crippen LogP contribution in [0, 0.1) is 10.1 Å². The molecular formula is C21H27N3O8S. The minimum atomic E-state index is -3.78. The van der Waals surface area contributed by atoms with Crippen LogP contribution in [0.15, 0.2) is 42.5 Å². The molecule has 0 aromatic heterocycles. The predicted molar refractivity (Wildman–Crippen MR) is 123 cm³/mol. The quantitative estimate of drug-likeness (QED) is 0.261. The van der Waals surface area contributed by atoms with E-state index in [2.05, 4.69) is 5.32 Å². The topological polar surface area (TPSA) is 137 Å². The van der Waals surface area contributed by atoms with Crippen LogP contribution >= 0.6 is 0 Å². The van der Waals surface area contributed by atoms with Gasteiger partial charge in [-0.2, -0.15) is 0 Å². The van der Waals surface area contributed by atoms with E-state index in [4.69, 9.17) is 14.2 Å². The highest BCUT2D eigenvalue weighted by molar-refractivity contribution is 7.92. The van der Waals surface area contributed by atoms with Crippen LogP contribution in [0.3, 0.4) is 0 Å². The highest BCUT2D eigenvalue weighted by Gasteiger charge is 2.24. The van der Waals surface area contributed by atoms with Gasteiger partial charge in [-0.25, -0.2) is 8.42 Å². The lowest BCUT2D eigenvalue weighted by Crippen LogP contribution is -2.33. The third-order valence-corrected chi connectivity index (χ3v) is 5.74. The Morgan fingerprint density at radius 2 is 1.76 bits per heavy atom. The Morgan fingerprint density at radius 1 is 1.09 bits per heavy atom. The molecule has 0 saturated heterocycles. The number of nitrogens with zero attached hydrogens (tertiary/aromatic N) is 2. The second-order valence-corrected chi connectivity index (χ2v) is 8.81. The van der Waals surface area contributed by atoms with Crippen molar-refractivity contribution in [2.24, 2.45) is 0 Å². The monoisotopic (exact) mass is 481 g/mol. The van der Waals surface area contributed by atoms with Crippen molar-refractivity contribution in [1.82, 2.24) is 5.32 Å². The van der Waals surface area contributed by atoms with E-state index in [0.29, 0.717) is 11.5 Å². The molecule has 2 rings (SSSR count). The van der Waals surface area contributed by atoms with Crippen molar-refractivity contribution in [2.75, 3.05) is 44.5 Å². The Labute approximate surface area is 192 Å². The van der Waals surface area contributed by atoms with Crippen molar-refractivity contribution >= 4 is 27.3 Å². The summed E-state index contributed by atoms with van der Waals surface area (Å²) in [6.07, 6.45) is 1.23. The maximum Gasteiger partial charge on any atom is 0.271 e. The molecule has 0 aliphatic rings. The molecule has 0 atom stereocenters. The van der Waals surface area contributed by atoms with E-state index >= 15 is 0 Å². The minimum Gasteiger partial charge on any atom is -0.495 e. The summed E-state index contributed by atoms with van der Waals surface area (Å²) in [5.74, 6) is 1.03. The van der Waals surface area contributed by atoms with Crippen LogP contribution in [-0.2, 0) is 14.8 Å². The number of para-hydroxylation sites is 2. The minimum absolute atomic E-state index is 0.0415. The van der Waals surface area contributed by atoms with Crippen LogP contribution in [0.2, 0.25) is 0 Å². The number of non-ortho nitro benzene ring substituents is 1. The van der Waals surface area contributed by atoms with Gasteiger partial charge in [0.25, 0.3) is 5.69 Å². The number of hydrogen-bond donors (Lipinski definition) is 1. The fourth-order valence-electron chi connectivity index (χ4n) is 3.01. The normalized spacial score (nSPS) is 10.9. The van der Waals surface area contributed by atoms with E-state index < -0.39 is 14.9 Å². The number of rotatable bonds is 13. The molecule has 2 aromatic carbocycles. The van der Waals surface area contributed by atoms with E-state index in [9.17, 15) is 23.3 Å². The molecule has 0 bridgehead atoms. The Bertz CT molecular complexity index is 1070. The van der Waals surface area contributed by atoms with E-state index in [1.54, 1.807) is 18.2 Å². The Hall–Kier alpha value is -3.54. The number of nitrogens with one attached hydrogen (secondary N) is 1. The van der Waals surface area contributed by atoms with Crippen molar-refractivity contribution in [2.45, 2.75) is 12.8 Å². The summed E-state index contributed by atoms with van der Waals surface area (Å²) in [7, 11) is -0.908. The highest BCUT2D eigenvalue weighted by atomic mass is 32.2. The second-order valence-electron chi connectivity index (χ2n) is 6.90. The number of anilines is 1. The van der Waals surface area contributed by atoms with Gasteiger partial charge in [-0.1, -0.05) is 12.1 Å². The van der Waals surface area contributed by atoms with Crippen molar-refractivity contribution in [3.8, 4) is 17.2 Å². The summed E-state index contributed by atoms with van der Waals surface area (Å²) < 4.78 is 41.6. The van der Waals surface area contributed by atoms with Crippen LogP contribution in [-0.4, -0.2) is 59.4 Å². The van der Waals surface area contributed by atoms with Gasteiger partial charge in [0, 0.05) is 25.1 Å². The van der Waals surface area contributed by atoms with Gasteiger partial charge in [0.05, 0.1) is 31.9 Å². The summed E-state index contributed by atoms with van der Waals surface area (Å²) >= 11 is 0. The SMILES string of the molecule is COc1ccccc1OCCNC(=O)CCCN(c1cc([N+](=O)[O-])ccc1OC)S(C)(=O)=O. The average Bonchev–Trinajstić information content (AvgIpc) is 2.78. The lowest BCUT2D eigenvalue weighted by atomic mass is 10.2. The Kier molecular flexibility index (Phi) is 9.28. The number of nitro benzene ring substituents is 1. The number of hydrogen-bond acceptors (Lipinski definition) is 8. The molecule has 2 aromatic rings. The maximum atomic E-state index is 12.3. The third-order valence-electron chi connectivity index (χ3n) is 4.56. The molecule has 0 radical (unpaired) electrons. The van der Waals surface area contributed by atoms with Gasteiger partial charge >= 0.3 is 0 Å². The zero-order chi connectivity index (χ0) is 24.4. The van der Waals surface area contributed by atoms with Crippen LogP contribution in [0.4, 0.5) is 11.4 Å². The van der Waals surface area contributed by atoms with E-state index in [0.717, 1.165) is 16.6 Å². The van der Waals surface area contributed by atoms with E-state index in [1.807, 2.05) is 6.07 Å². The molecule has 1 amide bonds. The Balaban J connectivity index is 1.91. The smallest absolute Gasteiger partial charge is 0.271 e. The molecule has 0 unspecified atom stereocenters. The standard InChI is InChI=1S/C21H27N3O8S/c1-30-18-11-10-16(24(26)27)15-17(18)23(33(3,28)29)13-6-9-21(25)22-12-14-32-20-8-5-4-7-19(20)31-2/h4-5,7-8,10-11,15H,6,9,12-14H2,1-3H3,(H,22,25). The van der Waals surface area contributed by atoms with E-state index in [1.165, 1.54) is 26.4 Å². The second kappa shape index (κ2) is 11.9. The van der Waals surface area contributed by atoms with Crippen molar-refractivity contribution in [3.63, 3.8) is 0 Å². The number of sulfonamides is 1. The van der Waals surface area contributed by atoms with Gasteiger partial charge in [0.15, 0.2) is 11.5 Å². The molecule has 1 N–H and O–H groups in total. The highest BCUT2D eigenvalue weighted by Crippen LogP contribution is 2.34. The number of benzene rings is 2. The third kappa shape index (κ3) is 7.52. The van der Waals surface area contributed by atoms with Gasteiger partial charge in [0.1, 0.15) is 18.0 Å².